The van der Waals surface area contributed by atoms with E-state index in [0.29, 0.717) is 24.2 Å². The van der Waals surface area contributed by atoms with E-state index < -0.39 is 13.7 Å². The van der Waals surface area contributed by atoms with Gasteiger partial charge >= 0.3 is 5.97 Å². The van der Waals surface area contributed by atoms with E-state index >= 15 is 0 Å². The van der Waals surface area contributed by atoms with Gasteiger partial charge in [-0.3, -0.25) is 9.59 Å². The van der Waals surface area contributed by atoms with Gasteiger partial charge in [-0.05, 0) is 80.3 Å². The Labute approximate surface area is 209 Å². The van der Waals surface area contributed by atoms with Crippen LogP contribution in [0.1, 0.15) is 99.3 Å². The van der Waals surface area contributed by atoms with E-state index in [4.69, 9.17) is 9.16 Å². The predicted octanol–water partition coefficient (Wildman–Crippen LogP) is 7.48. The first kappa shape index (κ1) is 27.6. The zero-order valence-corrected chi connectivity index (χ0v) is 23.8. The highest BCUT2D eigenvalue weighted by atomic mass is 28.4. The fourth-order valence-electron chi connectivity index (χ4n) is 7.04. The molecule has 0 aromatic rings. The third-order valence-corrected chi connectivity index (χ3v) is 14.6. The molecule has 0 unspecified atom stereocenters. The average Bonchev–Trinajstić information content (AvgIpc) is 3.56. The number of fused-ring (bicyclic) bond motifs is 1. The molecule has 3 rings (SSSR count). The van der Waals surface area contributed by atoms with Gasteiger partial charge in [0.25, 0.3) is 0 Å². The van der Waals surface area contributed by atoms with Crippen molar-refractivity contribution in [3.8, 4) is 0 Å². The lowest BCUT2D eigenvalue weighted by Gasteiger charge is -2.42. The number of hydrogen-bond acceptors (Lipinski definition) is 4. The summed E-state index contributed by atoms with van der Waals surface area (Å²) in [6.45, 7) is 14.1. The van der Waals surface area contributed by atoms with Gasteiger partial charge in [0.2, 0.25) is 0 Å². The van der Waals surface area contributed by atoms with Crippen LogP contribution in [0.4, 0.5) is 0 Å². The molecular weight excluding hydrogens is 440 g/mol. The molecule has 3 saturated carbocycles. The zero-order chi connectivity index (χ0) is 25.0. The molecule has 0 aromatic carbocycles. The molecule has 3 fully saturated rings. The molecular formula is C29H50O4Si. The normalized spacial score (nSPS) is 30.2. The maximum Gasteiger partial charge on any atom is 0.315 e. The SMILES string of the molecule is CCCCOC(=O)C1([C@@H](/C=C/[C@@H](C)[C@H]2CC[C@H]3C(=O)CCC[C@]23C)O[Si](CC)(CC)CC)CC1. The van der Waals surface area contributed by atoms with E-state index in [1.54, 1.807) is 0 Å². The monoisotopic (exact) mass is 490 g/mol. The molecule has 5 heteroatoms. The number of carbonyl (C=O) groups excluding carboxylic acids is 2. The second-order valence-electron chi connectivity index (χ2n) is 11.7. The third-order valence-electron chi connectivity index (χ3n) is 9.94. The van der Waals surface area contributed by atoms with Crippen molar-refractivity contribution in [3.05, 3.63) is 12.2 Å². The lowest BCUT2D eigenvalue weighted by molar-refractivity contribution is -0.153. The largest absolute Gasteiger partial charge is 0.465 e. The predicted molar refractivity (Wildman–Crippen MR) is 141 cm³/mol. The molecule has 0 amide bonds. The minimum Gasteiger partial charge on any atom is -0.465 e. The standard InChI is InChI=1S/C29H50O4Si/c1-7-11-21-32-27(31)29(19-20-29)26(33-34(8-2,9-3)10-4)17-14-22(5)23-15-16-24-25(30)13-12-18-28(23,24)6/h14,17,22-24,26H,7-13,15-16,18-21H2,1-6H3/b17-14+/t22-,23-,24+,26-,28-/m1/s1. The summed E-state index contributed by atoms with van der Waals surface area (Å²) in [5.41, 5.74) is -0.370. The molecule has 0 heterocycles. The third kappa shape index (κ3) is 5.40. The van der Waals surface area contributed by atoms with Crippen molar-refractivity contribution in [1.29, 1.82) is 0 Å². The van der Waals surface area contributed by atoms with E-state index in [1.807, 2.05) is 0 Å². The Morgan fingerprint density at radius 2 is 1.76 bits per heavy atom. The quantitative estimate of drug-likeness (QED) is 0.116. The summed E-state index contributed by atoms with van der Waals surface area (Å²) in [5.74, 6) is 1.58. The van der Waals surface area contributed by atoms with E-state index in [1.165, 1.54) is 0 Å². The minimum atomic E-state index is -1.89. The molecule has 194 valence electrons. The summed E-state index contributed by atoms with van der Waals surface area (Å²) in [6.07, 6.45) is 13.2. The fraction of sp³-hybridized carbons (Fsp3) is 0.862. The fourth-order valence-corrected chi connectivity index (χ4v) is 9.88. The van der Waals surface area contributed by atoms with Gasteiger partial charge in [0, 0.05) is 12.3 Å². The van der Waals surface area contributed by atoms with Crippen LogP contribution in [0.25, 0.3) is 0 Å². The molecule has 0 aliphatic heterocycles. The van der Waals surface area contributed by atoms with Crippen molar-refractivity contribution in [2.45, 2.75) is 124 Å². The van der Waals surface area contributed by atoms with Gasteiger partial charge < -0.3 is 9.16 Å². The summed E-state index contributed by atoms with van der Waals surface area (Å²) in [4.78, 5) is 25.8. The summed E-state index contributed by atoms with van der Waals surface area (Å²) < 4.78 is 12.7. The Morgan fingerprint density at radius 1 is 1.09 bits per heavy atom. The van der Waals surface area contributed by atoms with Crippen LogP contribution in [0.15, 0.2) is 12.2 Å². The van der Waals surface area contributed by atoms with E-state index in [2.05, 4.69) is 53.7 Å². The molecule has 0 radical (unpaired) electrons. The highest BCUT2D eigenvalue weighted by Crippen LogP contribution is 2.57. The number of allylic oxidation sites excluding steroid dienone is 1. The first-order chi connectivity index (χ1) is 16.2. The van der Waals surface area contributed by atoms with Gasteiger partial charge in [0.05, 0.1) is 18.1 Å². The Kier molecular flexibility index (Phi) is 9.28. The second-order valence-corrected chi connectivity index (χ2v) is 16.5. The van der Waals surface area contributed by atoms with Crippen molar-refractivity contribution >= 4 is 20.1 Å². The summed E-state index contributed by atoms with van der Waals surface area (Å²) in [6, 6.07) is 3.22. The Bertz CT molecular complexity index is 730. The smallest absolute Gasteiger partial charge is 0.315 e. The highest BCUT2D eigenvalue weighted by molar-refractivity contribution is 6.73. The van der Waals surface area contributed by atoms with Crippen molar-refractivity contribution in [3.63, 3.8) is 0 Å². The van der Waals surface area contributed by atoms with Gasteiger partial charge in [0.1, 0.15) is 5.78 Å². The van der Waals surface area contributed by atoms with Gasteiger partial charge in [-0.1, -0.05) is 60.1 Å². The van der Waals surface area contributed by atoms with Crippen molar-refractivity contribution in [2.75, 3.05) is 6.61 Å². The van der Waals surface area contributed by atoms with Crippen molar-refractivity contribution < 1.29 is 18.8 Å². The molecule has 0 aromatic heterocycles. The average molecular weight is 491 g/mol. The first-order valence-electron chi connectivity index (χ1n) is 14.3. The number of hydrogen-bond donors (Lipinski definition) is 0. The highest BCUT2D eigenvalue weighted by Gasteiger charge is 2.58. The van der Waals surface area contributed by atoms with E-state index in [0.717, 1.165) is 75.9 Å². The molecule has 34 heavy (non-hydrogen) atoms. The van der Waals surface area contributed by atoms with Gasteiger partial charge in [0.15, 0.2) is 8.32 Å². The summed E-state index contributed by atoms with van der Waals surface area (Å²) in [7, 11) is -1.89. The maximum atomic E-state index is 13.2. The van der Waals surface area contributed by atoms with Crippen molar-refractivity contribution in [2.24, 2.45) is 28.6 Å². The lowest BCUT2D eigenvalue weighted by atomic mass is 9.62. The summed E-state index contributed by atoms with van der Waals surface area (Å²) in [5, 5.41) is 0. The Hall–Kier alpha value is -0.943. The zero-order valence-electron chi connectivity index (χ0n) is 22.8. The maximum absolute atomic E-state index is 13.2. The number of esters is 1. The van der Waals surface area contributed by atoms with E-state index in [9.17, 15) is 9.59 Å². The molecule has 0 N–H and O–H groups in total. The number of Topliss-reactive ketones (excluding diaryl/α,β-unsaturated/α-hetero) is 1. The van der Waals surface area contributed by atoms with E-state index in [-0.39, 0.29) is 23.4 Å². The van der Waals surface area contributed by atoms with Crippen LogP contribution in [0.3, 0.4) is 0 Å². The van der Waals surface area contributed by atoms with Crippen LogP contribution >= 0.6 is 0 Å². The Balaban J connectivity index is 1.81. The van der Waals surface area contributed by atoms with Crippen LogP contribution in [-0.4, -0.2) is 32.8 Å². The molecule has 0 saturated heterocycles. The number of carbonyl (C=O) groups is 2. The number of unbranched alkanes of at least 4 members (excludes halogenated alkanes) is 1. The van der Waals surface area contributed by atoms with Crippen LogP contribution < -0.4 is 0 Å². The van der Waals surface area contributed by atoms with Crippen LogP contribution in [0.2, 0.25) is 18.1 Å². The van der Waals surface area contributed by atoms with Crippen LogP contribution in [0.5, 0.6) is 0 Å². The van der Waals surface area contributed by atoms with Crippen molar-refractivity contribution in [1.82, 2.24) is 0 Å². The minimum absolute atomic E-state index is 0.0553. The Morgan fingerprint density at radius 3 is 2.35 bits per heavy atom. The molecule has 0 bridgehead atoms. The summed E-state index contributed by atoms with van der Waals surface area (Å²) >= 11 is 0. The number of rotatable bonds is 13. The topological polar surface area (TPSA) is 52.6 Å². The molecule has 3 aliphatic rings. The van der Waals surface area contributed by atoms with Crippen LogP contribution in [-0.2, 0) is 18.8 Å². The van der Waals surface area contributed by atoms with Gasteiger partial charge in [-0.15, -0.1) is 0 Å². The molecule has 0 spiro atoms. The van der Waals surface area contributed by atoms with Crippen LogP contribution in [0, 0.1) is 28.6 Å². The second kappa shape index (κ2) is 11.4. The van der Waals surface area contributed by atoms with Gasteiger partial charge in [-0.25, -0.2) is 0 Å². The molecule has 5 atom stereocenters. The number of ketones is 1. The molecule has 3 aliphatic carbocycles. The first-order valence-corrected chi connectivity index (χ1v) is 16.8. The number of ether oxygens (including phenoxy) is 1. The molecule has 4 nitrogen and oxygen atoms in total. The lowest BCUT2D eigenvalue weighted by Crippen LogP contribution is -2.45. The van der Waals surface area contributed by atoms with Gasteiger partial charge in [-0.2, -0.15) is 0 Å².